The summed E-state index contributed by atoms with van der Waals surface area (Å²) >= 11 is 17.8. The molecular weight excluding hydrogens is 379 g/mol. The average Bonchev–Trinajstić information content (AvgIpc) is 2.64. The highest BCUT2D eigenvalue weighted by Crippen LogP contribution is 2.33. The van der Waals surface area contributed by atoms with E-state index in [1.54, 1.807) is 12.1 Å². The minimum atomic E-state index is -0.151. The molecule has 0 spiro atoms. The SMILES string of the molecule is O=C(COc1cc(Cl)c(Cl)cc1Cl)c1ccc(-c2ccccc2)cc1. The average molecular weight is 392 g/mol. The lowest BCUT2D eigenvalue weighted by Gasteiger charge is -2.09. The van der Waals surface area contributed by atoms with Crippen LogP contribution in [0.2, 0.25) is 15.1 Å². The summed E-state index contributed by atoms with van der Waals surface area (Å²) in [5, 5.41) is 0.962. The van der Waals surface area contributed by atoms with Gasteiger partial charge in [0.25, 0.3) is 0 Å². The summed E-state index contributed by atoms with van der Waals surface area (Å²) in [6.45, 7) is -0.137. The molecule has 0 heterocycles. The Bertz CT molecular complexity index is 891. The van der Waals surface area contributed by atoms with E-state index in [0.29, 0.717) is 26.4 Å². The molecule has 0 radical (unpaired) electrons. The van der Waals surface area contributed by atoms with Crippen LogP contribution in [-0.4, -0.2) is 12.4 Å². The molecule has 0 saturated carbocycles. The van der Waals surface area contributed by atoms with Crippen molar-refractivity contribution in [2.75, 3.05) is 6.61 Å². The summed E-state index contributed by atoms with van der Waals surface area (Å²) in [5.41, 5.74) is 2.71. The second kappa shape index (κ2) is 7.92. The summed E-state index contributed by atoms with van der Waals surface area (Å²) in [6.07, 6.45) is 0. The number of carbonyl (C=O) groups is 1. The van der Waals surface area contributed by atoms with Crippen molar-refractivity contribution in [2.45, 2.75) is 0 Å². The van der Waals surface area contributed by atoms with Gasteiger partial charge in [-0.2, -0.15) is 0 Å². The Morgan fingerprint density at radius 1 is 0.760 bits per heavy atom. The fourth-order valence-corrected chi connectivity index (χ4v) is 2.91. The molecule has 3 rings (SSSR count). The number of halogens is 3. The molecule has 0 N–H and O–H groups in total. The van der Waals surface area contributed by atoms with Gasteiger partial charge in [0.1, 0.15) is 5.75 Å². The van der Waals surface area contributed by atoms with Gasteiger partial charge in [0.15, 0.2) is 12.4 Å². The van der Waals surface area contributed by atoms with Gasteiger partial charge in [-0.3, -0.25) is 4.79 Å². The van der Waals surface area contributed by atoms with Crippen LogP contribution in [0.5, 0.6) is 5.75 Å². The number of ether oxygens (including phenoxy) is 1. The van der Waals surface area contributed by atoms with Crippen molar-refractivity contribution >= 4 is 40.6 Å². The maximum Gasteiger partial charge on any atom is 0.200 e. The van der Waals surface area contributed by atoms with Crippen molar-refractivity contribution in [3.05, 3.63) is 87.4 Å². The van der Waals surface area contributed by atoms with Crippen LogP contribution >= 0.6 is 34.8 Å². The molecule has 0 saturated heterocycles. The number of rotatable bonds is 5. The lowest BCUT2D eigenvalue weighted by molar-refractivity contribution is 0.0921. The van der Waals surface area contributed by atoms with Crippen LogP contribution < -0.4 is 4.74 Å². The number of hydrogen-bond acceptors (Lipinski definition) is 2. The zero-order valence-corrected chi connectivity index (χ0v) is 15.3. The van der Waals surface area contributed by atoms with Crippen molar-refractivity contribution in [3.8, 4) is 16.9 Å². The van der Waals surface area contributed by atoms with E-state index in [-0.39, 0.29) is 12.4 Å². The topological polar surface area (TPSA) is 26.3 Å². The van der Waals surface area contributed by atoms with Crippen LogP contribution in [0, 0.1) is 0 Å². The summed E-state index contributed by atoms with van der Waals surface area (Å²) in [6, 6.07) is 20.3. The molecule has 25 heavy (non-hydrogen) atoms. The molecule has 0 atom stereocenters. The van der Waals surface area contributed by atoms with Gasteiger partial charge in [-0.1, -0.05) is 89.4 Å². The van der Waals surface area contributed by atoms with E-state index in [0.717, 1.165) is 11.1 Å². The highest BCUT2D eigenvalue weighted by atomic mass is 35.5. The minimum absolute atomic E-state index is 0.137. The Morgan fingerprint density at radius 3 is 2.04 bits per heavy atom. The lowest BCUT2D eigenvalue weighted by Crippen LogP contribution is -2.11. The number of ketones is 1. The van der Waals surface area contributed by atoms with Crippen molar-refractivity contribution < 1.29 is 9.53 Å². The Kier molecular flexibility index (Phi) is 5.64. The van der Waals surface area contributed by atoms with Gasteiger partial charge in [0.2, 0.25) is 0 Å². The molecule has 0 aromatic heterocycles. The quantitative estimate of drug-likeness (QED) is 0.363. The molecule has 0 unspecified atom stereocenters. The first-order valence-electron chi connectivity index (χ1n) is 7.50. The monoisotopic (exact) mass is 390 g/mol. The second-order valence-corrected chi connectivity index (χ2v) is 6.57. The third-order valence-corrected chi connectivity index (χ3v) is 4.67. The van der Waals surface area contributed by atoms with Crippen LogP contribution in [-0.2, 0) is 0 Å². The molecule has 0 bridgehead atoms. The molecule has 126 valence electrons. The van der Waals surface area contributed by atoms with Crippen molar-refractivity contribution in [1.82, 2.24) is 0 Å². The number of Topliss-reactive ketones (excluding diaryl/α,β-unsaturated/α-hetero) is 1. The minimum Gasteiger partial charge on any atom is -0.484 e. The van der Waals surface area contributed by atoms with Crippen LogP contribution in [0.4, 0.5) is 0 Å². The van der Waals surface area contributed by atoms with Crippen LogP contribution in [0.15, 0.2) is 66.7 Å². The largest absolute Gasteiger partial charge is 0.484 e. The maximum absolute atomic E-state index is 12.3. The summed E-state index contributed by atoms with van der Waals surface area (Å²) in [4.78, 5) is 12.3. The molecule has 3 aromatic rings. The first-order valence-corrected chi connectivity index (χ1v) is 8.64. The Hall–Kier alpha value is -2.00. The van der Waals surface area contributed by atoms with Gasteiger partial charge >= 0.3 is 0 Å². The number of carbonyl (C=O) groups excluding carboxylic acids is 1. The number of benzene rings is 3. The Morgan fingerprint density at radius 2 is 1.36 bits per heavy atom. The second-order valence-electron chi connectivity index (χ2n) is 5.35. The van der Waals surface area contributed by atoms with Gasteiger partial charge in [-0.25, -0.2) is 0 Å². The van der Waals surface area contributed by atoms with Gasteiger partial charge in [0, 0.05) is 11.6 Å². The van der Waals surface area contributed by atoms with Crippen molar-refractivity contribution in [1.29, 1.82) is 0 Å². The lowest BCUT2D eigenvalue weighted by atomic mass is 10.0. The van der Waals surface area contributed by atoms with E-state index in [1.165, 1.54) is 12.1 Å². The first-order chi connectivity index (χ1) is 12.0. The zero-order chi connectivity index (χ0) is 17.8. The van der Waals surface area contributed by atoms with Gasteiger partial charge < -0.3 is 4.74 Å². The van der Waals surface area contributed by atoms with E-state index < -0.39 is 0 Å². The molecule has 3 aromatic carbocycles. The molecule has 0 aliphatic carbocycles. The smallest absolute Gasteiger partial charge is 0.200 e. The van der Waals surface area contributed by atoms with E-state index in [9.17, 15) is 4.79 Å². The third kappa shape index (κ3) is 4.35. The predicted octanol–water partition coefficient (Wildman–Crippen LogP) is 6.58. The highest BCUT2D eigenvalue weighted by Gasteiger charge is 2.11. The fourth-order valence-electron chi connectivity index (χ4n) is 2.32. The fraction of sp³-hybridized carbons (Fsp3) is 0.0500. The van der Waals surface area contributed by atoms with Crippen LogP contribution in [0.25, 0.3) is 11.1 Å². The summed E-state index contributed by atoms with van der Waals surface area (Å²) in [5.74, 6) is 0.173. The third-order valence-electron chi connectivity index (χ3n) is 3.65. The van der Waals surface area contributed by atoms with E-state index in [1.807, 2.05) is 42.5 Å². The van der Waals surface area contributed by atoms with E-state index in [4.69, 9.17) is 39.5 Å². The normalized spacial score (nSPS) is 10.5. The van der Waals surface area contributed by atoms with Crippen LogP contribution in [0.3, 0.4) is 0 Å². The standard InChI is InChI=1S/C20H13Cl3O2/c21-16-10-18(23)20(11-17(16)22)25-12-19(24)15-8-6-14(7-9-15)13-4-2-1-3-5-13/h1-11H,12H2. The Balaban J connectivity index is 1.69. The van der Waals surface area contributed by atoms with Gasteiger partial charge in [0.05, 0.1) is 15.1 Å². The predicted molar refractivity (Wildman–Crippen MR) is 103 cm³/mol. The molecule has 0 aliphatic heterocycles. The van der Waals surface area contributed by atoms with Crippen molar-refractivity contribution in [3.63, 3.8) is 0 Å². The van der Waals surface area contributed by atoms with E-state index in [2.05, 4.69) is 0 Å². The van der Waals surface area contributed by atoms with Gasteiger partial charge in [-0.05, 0) is 17.2 Å². The molecule has 0 aliphatic rings. The zero-order valence-electron chi connectivity index (χ0n) is 13.0. The molecule has 0 amide bonds. The first kappa shape index (κ1) is 17.8. The van der Waals surface area contributed by atoms with Crippen LogP contribution in [0.1, 0.15) is 10.4 Å². The van der Waals surface area contributed by atoms with Crippen molar-refractivity contribution in [2.24, 2.45) is 0 Å². The van der Waals surface area contributed by atoms with E-state index >= 15 is 0 Å². The highest BCUT2D eigenvalue weighted by molar-refractivity contribution is 6.43. The molecular formula is C20H13Cl3O2. The summed E-state index contributed by atoms with van der Waals surface area (Å²) in [7, 11) is 0. The molecule has 2 nitrogen and oxygen atoms in total. The summed E-state index contributed by atoms with van der Waals surface area (Å²) < 4.78 is 5.48. The molecule has 0 fully saturated rings. The van der Waals surface area contributed by atoms with Gasteiger partial charge in [-0.15, -0.1) is 0 Å². The maximum atomic E-state index is 12.3. The number of hydrogen-bond donors (Lipinski definition) is 0. The Labute approximate surface area is 160 Å². The molecule has 5 heteroatoms.